The first-order valence-corrected chi connectivity index (χ1v) is 7.49. The van der Waals surface area contributed by atoms with Gasteiger partial charge in [-0.2, -0.15) is 0 Å². The molecule has 0 aromatic carbocycles. The Balaban J connectivity index is 2.57. The Labute approximate surface area is 138 Å². The zero-order chi connectivity index (χ0) is 17.5. The van der Waals surface area contributed by atoms with Gasteiger partial charge < -0.3 is 25.2 Å². The fourth-order valence-corrected chi connectivity index (χ4v) is 1.52. The van der Waals surface area contributed by atoms with Gasteiger partial charge in [0.25, 0.3) is 0 Å². The predicted molar refractivity (Wildman–Crippen MR) is 93.1 cm³/mol. The molecule has 3 N–H and O–H groups in total. The van der Waals surface area contributed by atoms with Gasteiger partial charge in [0.1, 0.15) is 0 Å². The van der Waals surface area contributed by atoms with Gasteiger partial charge >= 0.3 is 7.48 Å². The van der Waals surface area contributed by atoms with Gasteiger partial charge in [0.15, 0.2) is 0 Å². The summed E-state index contributed by atoms with van der Waals surface area (Å²) >= 11 is 0. The fraction of sp³-hybridized carbons (Fsp3) is 0.500. The van der Waals surface area contributed by atoms with Crippen molar-refractivity contribution < 1.29 is 14.5 Å². The zero-order valence-electron chi connectivity index (χ0n) is 14.5. The van der Waals surface area contributed by atoms with Gasteiger partial charge in [-0.25, -0.2) is 4.98 Å². The molecule has 0 saturated carbocycles. The highest BCUT2D eigenvalue weighted by Crippen LogP contribution is 2.24. The molecule has 23 heavy (non-hydrogen) atoms. The van der Waals surface area contributed by atoms with Gasteiger partial charge in [-0.05, 0) is 45.4 Å². The van der Waals surface area contributed by atoms with Gasteiger partial charge in [-0.15, -0.1) is 0 Å². The van der Waals surface area contributed by atoms with E-state index in [9.17, 15) is 5.11 Å². The first-order valence-electron chi connectivity index (χ1n) is 7.49. The average molecular weight is 319 g/mol. The molecule has 0 spiro atoms. The summed E-state index contributed by atoms with van der Waals surface area (Å²) in [5, 5.41) is 20.6. The largest absolute Gasteiger partial charge is 0.481 e. The molecule has 0 bridgehead atoms. The lowest BCUT2D eigenvalue weighted by molar-refractivity contribution is -0.0895. The Morgan fingerprint density at radius 3 is 2.65 bits per heavy atom. The summed E-state index contributed by atoms with van der Waals surface area (Å²) in [5.41, 5.74) is -0.186. The smallest absolute Gasteiger partial charge is 0.312 e. The van der Waals surface area contributed by atoms with E-state index in [1.165, 1.54) is 6.21 Å². The Morgan fingerprint density at radius 2 is 2.09 bits per heavy atom. The molecule has 0 unspecified atom stereocenters. The van der Waals surface area contributed by atoms with Crippen LogP contribution in [0.3, 0.4) is 0 Å². The normalized spacial score (nSPS) is 12.7. The molecule has 0 fully saturated rings. The molecule has 0 aliphatic carbocycles. The summed E-state index contributed by atoms with van der Waals surface area (Å²) in [6.07, 6.45) is 2.95. The summed E-state index contributed by atoms with van der Waals surface area (Å²) in [4.78, 5) is 4.30. The lowest BCUT2D eigenvalue weighted by Crippen LogP contribution is -2.48. The van der Waals surface area contributed by atoms with E-state index < -0.39 is 11.2 Å². The number of aliphatic hydroxyl groups is 1. The van der Waals surface area contributed by atoms with Crippen molar-refractivity contribution in [1.82, 2.24) is 10.3 Å². The molecule has 0 radical (unpaired) electrons. The number of methoxy groups -OCH3 is 1. The maximum absolute atomic E-state index is 10.1. The molecule has 1 aromatic heterocycles. The Kier molecular flexibility index (Phi) is 6.78. The highest BCUT2D eigenvalue weighted by molar-refractivity contribution is 6.45. The number of nitrogens with one attached hydrogen (secondary N) is 2. The minimum absolute atomic E-state index is 0.235. The number of ether oxygens (including phenoxy) is 1. The highest BCUT2D eigenvalue weighted by atomic mass is 16.5. The lowest BCUT2D eigenvalue weighted by atomic mass is 9.83. The van der Waals surface area contributed by atoms with Gasteiger partial charge in [-0.1, -0.05) is 6.07 Å². The third-order valence-corrected chi connectivity index (χ3v) is 3.82. The molecule has 0 aliphatic rings. The number of nitrogens with zero attached hydrogens (tertiary/aromatic N) is 1. The van der Waals surface area contributed by atoms with Crippen LogP contribution in [-0.2, 0) is 11.2 Å². The number of hydrogen-bond donors (Lipinski definition) is 3. The van der Waals surface area contributed by atoms with Crippen LogP contribution in [0.25, 0.3) is 0 Å². The second-order valence-electron chi connectivity index (χ2n) is 6.27. The summed E-state index contributed by atoms with van der Waals surface area (Å²) < 4.78 is 10.8. The van der Waals surface area contributed by atoms with Crippen molar-refractivity contribution in [2.24, 2.45) is 0 Å². The van der Waals surface area contributed by atoms with E-state index in [0.717, 1.165) is 5.69 Å². The third-order valence-electron chi connectivity index (χ3n) is 3.82. The molecule has 0 atom stereocenters. The van der Waals surface area contributed by atoms with E-state index in [1.54, 1.807) is 33.2 Å². The van der Waals surface area contributed by atoms with E-state index >= 15 is 0 Å². The standard InChI is InChI=1S/C16H26BN3O3/c1-15(2,21)16(3,4)23-17-12(9-18)10-19-11-13-7-6-8-14(20-13)22-5/h6-10,17-19,21H,11H2,1-5H3/b12-10+,18-9?. The molecule has 1 aromatic rings. The first-order chi connectivity index (χ1) is 10.7. The van der Waals surface area contributed by atoms with E-state index in [-0.39, 0.29) is 7.48 Å². The van der Waals surface area contributed by atoms with E-state index in [1.807, 2.05) is 26.0 Å². The number of hydrogen-bond acceptors (Lipinski definition) is 6. The van der Waals surface area contributed by atoms with Crippen LogP contribution < -0.4 is 10.1 Å². The van der Waals surface area contributed by atoms with Crippen molar-refractivity contribution in [2.75, 3.05) is 7.11 Å². The van der Waals surface area contributed by atoms with Crippen LogP contribution in [0.2, 0.25) is 0 Å². The van der Waals surface area contributed by atoms with Crippen molar-refractivity contribution in [3.63, 3.8) is 0 Å². The molecule has 0 saturated heterocycles. The van der Waals surface area contributed by atoms with E-state index in [4.69, 9.17) is 14.8 Å². The molecule has 6 nitrogen and oxygen atoms in total. The highest BCUT2D eigenvalue weighted by Gasteiger charge is 2.35. The van der Waals surface area contributed by atoms with Crippen molar-refractivity contribution in [2.45, 2.75) is 45.4 Å². The molecule has 1 heterocycles. The third kappa shape index (κ3) is 6.04. The van der Waals surface area contributed by atoms with Crippen molar-refractivity contribution in [3.8, 4) is 5.88 Å². The second kappa shape index (κ2) is 8.13. The zero-order valence-corrected chi connectivity index (χ0v) is 14.5. The van der Waals surface area contributed by atoms with Crippen molar-refractivity contribution in [1.29, 1.82) is 5.41 Å². The maximum atomic E-state index is 10.1. The van der Waals surface area contributed by atoms with Crippen molar-refractivity contribution >= 4 is 13.7 Å². The average Bonchev–Trinajstić information content (AvgIpc) is 2.49. The Bertz CT molecular complexity index is 554. The molecule has 0 aliphatic heterocycles. The number of allylic oxidation sites excluding steroid dienone is 1. The van der Waals surface area contributed by atoms with Crippen LogP contribution in [-0.4, -0.2) is 42.1 Å². The number of pyridine rings is 1. The summed E-state index contributed by atoms with van der Waals surface area (Å²) in [7, 11) is 1.81. The van der Waals surface area contributed by atoms with Gasteiger partial charge in [0, 0.05) is 12.3 Å². The monoisotopic (exact) mass is 319 g/mol. The molecule has 0 amide bonds. The van der Waals surface area contributed by atoms with Gasteiger partial charge in [0.2, 0.25) is 5.88 Å². The molecule has 7 heteroatoms. The van der Waals surface area contributed by atoms with Gasteiger partial charge in [-0.3, -0.25) is 0 Å². The van der Waals surface area contributed by atoms with Gasteiger partial charge in [0.05, 0.1) is 30.6 Å². The quantitative estimate of drug-likeness (QED) is 0.475. The molecular weight excluding hydrogens is 293 g/mol. The van der Waals surface area contributed by atoms with Crippen LogP contribution in [0.5, 0.6) is 5.88 Å². The fourth-order valence-electron chi connectivity index (χ4n) is 1.52. The first kappa shape index (κ1) is 19.2. The number of aromatic nitrogens is 1. The number of rotatable bonds is 9. The lowest BCUT2D eigenvalue weighted by Gasteiger charge is -2.37. The molecule has 1 rings (SSSR count). The maximum Gasteiger partial charge on any atom is 0.312 e. The summed E-state index contributed by atoms with van der Waals surface area (Å²) in [5.74, 6) is 0.566. The Hall–Kier alpha value is -1.86. The van der Waals surface area contributed by atoms with Crippen molar-refractivity contribution in [3.05, 3.63) is 35.6 Å². The SMILES string of the molecule is COc1cccc(CN/C=C(/BOC(C)(C)C(C)(C)O)C=N)n1. The molecular formula is C16H26BN3O3. The summed E-state index contributed by atoms with van der Waals surface area (Å²) in [6.45, 7) is 7.56. The van der Waals surface area contributed by atoms with Crippen LogP contribution in [0, 0.1) is 5.41 Å². The Morgan fingerprint density at radius 1 is 1.39 bits per heavy atom. The second-order valence-corrected chi connectivity index (χ2v) is 6.27. The predicted octanol–water partition coefficient (Wildman–Crippen LogP) is 1.59. The molecule has 126 valence electrons. The minimum atomic E-state index is -0.974. The minimum Gasteiger partial charge on any atom is -0.481 e. The van der Waals surface area contributed by atoms with Crippen LogP contribution >= 0.6 is 0 Å². The topological polar surface area (TPSA) is 87.5 Å². The van der Waals surface area contributed by atoms with Crippen LogP contribution in [0.4, 0.5) is 0 Å². The van der Waals surface area contributed by atoms with Crippen LogP contribution in [0.1, 0.15) is 33.4 Å². The summed E-state index contributed by atoms with van der Waals surface area (Å²) in [6, 6.07) is 5.55. The van der Waals surface area contributed by atoms with E-state index in [0.29, 0.717) is 17.9 Å². The van der Waals surface area contributed by atoms with Crippen LogP contribution in [0.15, 0.2) is 29.9 Å². The van der Waals surface area contributed by atoms with E-state index in [2.05, 4.69) is 10.3 Å².